The molecule has 0 bridgehead atoms. The van der Waals surface area contributed by atoms with Gasteiger partial charge >= 0.3 is 0 Å². The Balaban J connectivity index is 1.59. The van der Waals surface area contributed by atoms with Crippen LogP contribution in [-0.4, -0.2) is 70.6 Å². The normalized spacial score (nSPS) is 17.3. The van der Waals surface area contributed by atoms with Crippen LogP contribution >= 0.6 is 0 Å². The molecule has 2 aromatic heterocycles. The van der Waals surface area contributed by atoms with Gasteiger partial charge in [0.05, 0.1) is 5.52 Å². The van der Waals surface area contributed by atoms with Gasteiger partial charge in [0.1, 0.15) is 5.82 Å². The summed E-state index contributed by atoms with van der Waals surface area (Å²) in [7, 11) is 2.20. The molecule has 1 fully saturated rings. The Morgan fingerprint density at radius 3 is 2.57 bits per heavy atom. The Morgan fingerprint density at radius 2 is 1.86 bits per heavy atom. The fourth-order valence-electron chi connectivity index (χ4n) is 3.94. The molecule has 6 heteroatoms. The van der Waals surface area contributed by atoms with Crippen molar-refractivity contribution in [1.29, 1.82) is 0 Å². The van der Waals surface area contributed by atoms with E-state index >= 15 is 0 Å². The maximum atomic E-state index is 4.86. The molecule has 0 aliphatic carbocycles. The van der Waals surface area contributed by atoms with E-state index in [0.29, 0.717) is 12.0 Å². The first kappa shape index (κ1) is 18.9. The van der Waals surface area contributed by atoms with Crippen molar-refractivity contribution in [3.8, 4) is 11.4 Å². The summed E-state index contributed by atoms with van der Waals surface area (Å²) >= 11 is 0. The van der Waals surface area contributed by atoms with E-state index in [4.69, 9.17) is 9.97 Å². The highest BCUT2D eigenvalue weighted by Gasteiger charge is 2.25. The minimum atomic E-state index is 0.484. The molecule has 2 N–H and O–H groups in total. The lowest BCUT2D eigenvalue weighted by molar-refractivity contribution is 0.0944. The first-order chi connectivity index (χ1) is 13.6. The number of benzene rings is 1. The summed E-state index contributed by atoms with van der Waals surface area (Å²) in [6.07, 6.45) is 3.85. The number of hydrogen-bond donors (Lipinski definition) is 2. The van der Waals surface area contributed by atoms with E-state index < -0.39 is 0 Å². The van der Waals surface area contributed by atoms with Crippen molar-refractivity contribution < 1.29 is 0 Å². The van der Waals surface area contributed by atoms with Crippen LogP contribution in [0.15, 0.2) is 42.7 Å². The Kier molecular flexibility index (Phi) is 5.59. The summed E-state index contributed by atoms with van der Waals surface area (Å²) in [5.74, 6) is 2.25. The average Bonchev–Trinajstić information content (AvgIpc) is 3.24. The predicted molar refractivity (Wildman–Crippen MR) is 116 cm³/mol. The van der Waals surface area contributed by atoms with Gasteiger partial charge in [-0.25, -0.2) is 9.97 Å². The van der Waals surface area contributed by atoms with Gasteiger partial charge in [0.15, 0.2) is 5.82 Å². The zero-order valence-electron chi connectivity index (χ0n) is 17.0. The van der Waals surface area contributed by atoms with E-state index in [1.165, 1.54) is 0 Å². The Labute approximate surface area is 167 Å². The molecule has 1 aliphatic rings. The van der Waals surface area contributed by atoms with E-state index in [2.05, 4.69) is 53.1 Å². The molecule has 1 unspecified atom stereocenters. The minimum absolute atomic E-state index is 0.484. The number of anilines is 1. The Morgan fingerprint density at radius 1 is 1.07 bits per heavy atom. The van der Waals surface area contributed by atoms with Gasteiger partial charge in [0.2, 0.25) is 0 Å². The van der Waals surface area contributed by atoms with Crippen LogP contribution in [0.5, 0.6) is 0 Å². The molecule has 1 aliphatic heterocycles. The average molecular weight is 379 g/mol. The van der Waals surface area contributed by atoms with Crippen molar-refractivity contribution in [1.82, 2.24) is 24.8 Å². The van der Waals surface area contributed by atoms with Crippen LogP contribution in [-0.2, 0) is 0 Å². The fourth-order valence-corrected chi connectivity index (χ4v) is 3.94. The van der Waals surface area contributed by atoms with Gasteiger partial charge in [-0.15, -0.1) is 0 Å². The SMILES string of the molecule is CC(C)C(CNc1nc(-c2cc[nH]c2)nc2ccccc12)N1CCN(C)CC1. The van der Waals surface area contributed by atoms with Crippen LogP contribution in [0, 0.1) is 5.92 Å². The van der Waals surface area contributed by atoms with Gasteiger partial charge in [-0.3, -0.25) is 4.90 Å². The number of aromatic nitrogens is 3. The van der Waals surface area contributed by atoms with Crippen molar-refractivity contribution in [3.63, 3.8) is 0 Å². The molecule has 0 radical (unpaired) electrons. The highest BCUT2D eigenvalue weighted by atomic mass is 15.3. The first-order valence-corrected chi connectivity index (χ1v) is 10.2. The van der Waals surface area contributed by atoms with Gasteiger partial charge in [-0.05, 0) is 31.2 Å². The molecular formula is C22H30N6. The highest BCUT2D eigenvalue weighted by molar-refractivity contribution is 5.90. The number of nitrogens with zero attached hydrogens (tertiary/aromatic N) is 4. The summed E-state index contributed by atoms with van der Waals surface area (Å²) in [5.41, 5.74) is 1.98. The van der Waals surface area contributed by atoms with Crippen molar-refractivity contribution >= 4 is 16.7 Å². The van der Waals surface area contributed by atoms with E-state index in [-0.39, 0.29) is 0 Å². The third kappa shape index (κ3) is 4.03. The number of piperazine rings is 1. The first-order valence-electron chi connectivity index (χ1n) is 10.2. The Bertz CT molecular complexity index is 897. The standard InChI is InChI=1S/C22H30N6/c1-16(2)20(28-12-10-27(3)11-13-28)15-24-22-18-6-4-5-7-19(18)25-21(26-22)17-8-9-23-14-17/h4-9,14,16,20,23H,10-13,15H2,1-3H3,(H,24,25,26). The molecular weight excluding hydrogens is 348 g/mol. The van der Waals surface area contributed by atoms with Gasteiger partial charge in [-0.1, -0.05) is 26.0 Å². The zero-order valence-corrected chi connectivity index (χ0v) is 17.0. The Hall–Kier alpha value is -2.44. The van der Waals surface area contributed by atoms with Crippen LogP contribution < -0.4 is 5.32 Å². The highest BCUT2D eigenvalue weighted by Crippen LogP contribution is 2.25. The monoisotopic (exact) mass is 378 g/mol. The third-order valence-electron chi connectivity index (χ3n) is 5.71. The van der Waals surface area contributed by atoms with Crippen molar-refractivity contribution in [3.05, 3.63) is 42.7 Å². The second kappa shape index (κ2) is 8.29. The summed E-state index contributed by atoms with van der Waals surface area (Å²) in [6, 6.07) is 10.7. The molecule has 6 nitrogen and oxygen atoms in total. The fraction of sp³-hybridized carbons (Fsp3) is 0.455. The molecule has 0 amide bonds. The van der Waals surface area contributed by atoms with Gasteiger partial charge in [0.25, 0.3) is 0 Å². The molecule has 1 saturated heterocycles. The van der Waals surface area contributed by atoms with E-state index in [1.807, 2.05) is 30.6 Å². The summed E-state index contributed by atoms with van der Waals surface area (Å²) in [4.78, 5) is 17.7. The maximum absolute atomic E-state index is 4.86. The smallest absolute Gasteiger partial charge is 0.163 e. The lowest BCUT2D eigenvalue weighted by Gasteiger charge is -2.40. The molecule has 148 valence electrons. The minimum Gasteiger partial charge on any atom is -0.368 e. The second-order valence-electron chi connectivity index (χ2n) is 8.04. The van der Waals surface area contributed by atoms with Gasteiger partial charge in [0, 0.05) is 62.1 Å². The van der Waals surface area contributed by atoms with Gasteiger partial charge in [-0.2, -0.15) is 0 Å². The number of H-pyrrole nitrogens is 1. The van der Waals surface area contributed by atoms with Crippen molar-refractivity contribution in [2.24, 2.45) is 5.92 Å². The quantitative estimate of drug-likeness (QED) is 0.689. The number of nitrogens with one attached hydrogen (secondary N) is 2. The van der Waals surface area contributed by atoms with Crippen LogP contribution in [0.1, 0.15) is 13.8 Å². The van der Waals surface area contributed by atoms with E-state index in [0.717, 1.165) is 60.8 Å². The molecule has 28 heavy (non-hydrogen) atoms. The number of likely N-dealkylation sites (N-methyl/N-ethyl adjacent to an activating group) is 1. The molecule has 3 heterocycles. The van der Waals surface area contributed by atoms with Gasteiger partial charge < -0.3 is 15.2 Å². The number of rotatable bonds is 6. The lowest BCUT2D eigenvalue weighted by Crippen LogP contribution is -2.52. The van der Waals surface area contributed by atoms with Crippen LogP contribution in [0.25, 0.3) is 22.3 Å². The van der Waals surface area contributed by atoms with E-state index in [1.54, 1.807) is 0 Å². The molecule has 0 spiro atoms. The van der Waals surface area contributed by atoms with Crippen LogP contribution in [0.2, 0.25) is 0 Å². The lowest BCUT2D eigenvalue weighted by atomic mass is 10.0. The summed E-state index contributed by atoms with van der Waals surface area (Å²) in [6.45, 7) is 10.0. The maximum Gasteiger partial charge on any atom is 0.163 e. The summed E-state index contributed by atoms with van der Waals surface area (Å²) < 4.78 is 0. The summed E-state index contributed by atoms with van der Waals surface area (Å²) in [5, 5.41) is 4.74. The number of hydrogen-bond acceptors (Lipinski definition) is 5. The van der Waals surface area contributed by atoms with Crippen molar-refractivity contribution in [2.45, 2.75) is 19.9 Å². The zero-order chi connectivity index (χ0) is 19.5. The largest absolute Gasteiger partial charge is 0.368 e. The topological polar surface area (TPSA) is 60.1 Å². The van der Waals surface area contributed by atoms with Crippen molar-refractivity contribution in [2.75, 3.05) is 45.1 Å². The third-order valence-corrected chi connectivity index (χ3v) is 5.71. The molecule has 3 aromatic rings. The number of fused-ring (bicyclic) bond motifs is 1. The number of aromatic amines is 1. The molecule has 1 atom stereocenters. The molecule has 0 saturated carbocycles. The number of para-hydroxylation sites is 1. The second-order valence-corrected chi connectivity index (χ2v) is 8.04. The molecule has 1 aromatic carbocycles. The van der Waals surface area contributed by atoms with E-state index in [9.17, 15) is 0 Å². The molecule has 4 rings (SSSR count). The van der Waals surface area contributed by atoms with Crippen LogP contribution in [0.3, 0.4) is 0 Å². The van der Waals surface area contributed by atoms with Crippen LogP contribution in [0.4, 0.5) is 5.82 Å². The predicted octanol–water partition coefficient (Wildman–Crippen LogP) is 3.31.